The van der Waals surface area contributed by atoms with Crippen molar-refractivity contribution in [2.75, 3.05) is 39.8 Å². The first kappa shape index (κ1) is 25.8. The highest BCUT2D eigenvalue weighted by Gasteiger charge is 2.28. The van der Waals surface area contributed by atoms with Gasteiger partial charge in [0, 0.05) is 39.3 Å². The molecule has 0 unspecified atom stereocenters. The number of fused-ring (bicyclic) bond motifs is 1. The first-order chi connectivity index (χ1) is 17.4. The Labute approximate surface area is 213 Å². The highest BCUT2D eigenvalue weighted by Crippen LogP contribution is 2.33. The van der Waals surface area contributed by atoms with Crippen molar-refractivity contribution in [3.8, 4) is 17.2 Å². The van der Waals surface area contributed by atoms with Crippen molar-refractivity contribution < 1.29 is 24.5 Å². The van der Waals surface area contributed by atoms with Crippen molar-refractivity contribution in [2.45, 2.75) is 52.1 Å². The van der Waals surface area contributed by atoms with Gasteiger partial charge in [-0.15, -0.1) is 0 Å². The van der Waals surface area contributed by atoms with Crippen molar-refractivity contribution in [3.63, 3.8) is 0 Å². The molecule has 36 heavy (non-hydrogen) atoms. The maximum Gasteiger partial charge on any atom is 0.258 e. The molecule has 2 amide bonds. The van der Waals surface area contributed by atoms with E-state index < -0.39 is 0 Å². The molecule has 2 heterocycles. The molecule has 0 saturated carbocycles. The number of phenolic OH excluding ortho intramolecular Hbond substituents is 2. The molecule has 8 nitrogen and oxygen atoms in total. The van der Waals surface area contributed by atoms with Gasteiger partial charge in [-0.05, 0) is 68.1 Å². The number of hydrogen-bond donors (Lipinski definition) is 2. The normalized spacial score (nSPS) is 15.2. The predicted octanol–water partition coefficient (Wildman–Crippen LogP) is 3.99. The van der Waals surface area contributed by atoms with Gasteiger partial charge in [0.25, 0.3) is 11.8 Å². The van der Waals surface area contributed by atoms with Crippen molar-refractivity contribution in [3.05, 3.63) is 52.6 Å². The fraction of sp³-hybridized carbons (Fsp3) is 0.500. The number of benzene rings is 2. The number of rotatable bonds is 10. The molecule has 1 fully saturated rings. The average Bonchev–Trinajstić information content (AvgIpc) is 3.54. The van der Waals surface area contributed by atoms with Crippen molar-refractivity contribution in [2.24, 2.45) is 0 Å². The van der Waals surface area contributed by atoms with Gasteiger partial charge in [0.1, 0.15) is 17.2 Å². The quantitative estimate of drug-likeness (QED) is 0.484. The molecule has 0 bridgehead atoms. The fourth-order valence-corrected chi connectivity index (χ4v) is 4.88. The SMILES string of the molecule is CCCCN(C)C(=O)c1cc(C(=O)N2Cc3ccc(OCCCN4CCCC4)cc3C2)c(O)cc1O. The minimum atomic E-state index is -0.387. The van der Waals surface area contributed by atoms with Crippen LogP contribution in [0.25, 0.3) is 0 Å². The Balaban J connectivity index is 1.39. The Bertz CT molecular complexity index is 1100. The molecule has 2 N–H and O–H groups in total. The Morgan fingerprint density at radius 1 is 0.972 bits per heavy atom. The molecule has 4 rings (SSSR count). The lowest BCUT2D eigenvalue weighted by atomic mass is 10.1. The third kappa shape index (κ3) is 5.93. The lowest BCUT2D eigenvalue weighted by molar-refractivity contribution is 0.0748. The number of likely N-dealkylation sites (tertiary alicyclic amines) is 1. The third-order valence-corrected chi connectivity index (χ3v) is 7.04. The number of carbonyl (C=O) groups is 2. The van der Waals surface area contributed by atoms with Crippen LogP contribution < -0.4 is 4.74 Å². The largest absolute Gasteiger partial charge is 0.507 e. The number of carbonyl (C=O) groups excluding carboxylic acids is 2. The smallest absolute Gasteiger partial charge is 0.258 e. The van der Waals surface area contributed by atoms with Gasteiger partial charge in [0.05, 0.1) is 17.7 Å². The molecule has 0 radical (unpaired) electrons. The van der Waals surface area contributed by atoms with E-state index in [-0.39, 0.29) is 34.4 Å². The van der Waals surface area contributed by atoms with Crippen molar-refractivity contribution in [1.82, 2.24) is 14.7 Å². The summed E-state index contributed by atoms with van der Waals surface area (Å²) in [5.74, 6) is -0.662. The van der Waals surface area contributed by atoms with Gasteiger partial charge < -0.3 is 29.6 Å². The second-order valence-electron chi connectivity index (χ2n) is 9.81. The average molecular weight is 496 g/mol. The Morgan fingerprint density at radius 3 is 2.44 bits per heavy atom. The number of unbranched alkanes of at least 4 members (excludes halogenated alkanes) is 1. The lowest BCUT2D eigenvalue weighted by Crippen LogP contribution is -2.29. The minimum absolute atomic E-state index is 0.00577. The van der Waals surface area contributed by atoms with E-state index in [0.29, 0.717) is 26.2 Å². The number of amides is 2. The maximum absolute atomic E-state index is 13.3. The number of hydrogen-bond acceptors (Lipinski definition) is 6. The van der Waals surface area contributed by atoms with Crippen LogP contribution in [0.4, 0.5) is 0 Å². The monoisotopic (exact) mass is 495 g/mol. The highest BCUT2D eigenvalue weighted by molar-refractivity contribution is 6.03. The van der Waals surface area contributed by atoms with Gasteiger partial charge in [-0.1, -0.05) is 19.4 Å². The summed E-state index contributed by atoms with van der Waals surface area (Å²) in [5, 5.41) is 20.7. The molecule has 0 atom stereocenters. The molecule has 2 aliphatic heterocycles. The summed E-state index contributed by atoms with van der Waals surface area (Å²) in [6.07, 6.45) is 5.33. The van der Waals surface area contributed by atoms with Crippen LogP contribution in [0.15, 0.2) is 30.3 Å². The van der Waals surface area contributed by atoms with Crippen LogP contribution in [-0.2, 0) is 13.1 Å². The van der Waals surface area contributed by atoms with Crippen molar-refractivity contribution in [1.29, 1.82) is 0 Å². The van der Waals surface area contributed by atoms with Crippen LogP contribution >= 0.6 is 0 Å². The molecule has 2 aromatic rings. The minimum Gasteiger partial charge on any atom is -0.507 e. The molecule has 0 aromatic heterocycles. The van der Waals surface area contributed by atoms with E-state index in [0.717, 1.165) is 48.8 Å². The highest BCUT2D eigenvalue weighted by atomic mass is 16.5. The topological polar surface area (TPSA) is 93.6 Å². The number of ether oxygens (including phenoxy) is 1. The molecule has 1 saturated heterocycles. The molecule has 194 valence electrons. The first-order valence-electron chi connectivity index (χ1n) is 12.9. The van der Waals surface area contributed by atoms with Crippen LogP contribution in [0.5, 0.6) is 17.2 Å². The Kier molecular flexibility index (Phi) is 8.36. The van der Waals surface area contributed by atoms with Crippen LogP contribution in [0, 0.1) is 0 Å². The summed E-state index contributed by atoms with van der Waals surface area (Å²) in [4.78, 5) is 31.7. The standard InChI is InChI=1S/C28H37N3O5/c1-3-4-10-29(2)27(34)23-16-24(26(33)17-25(23)32)28(35)31-18-20-8-9-22(15-21(20)19-31)36-14-7-13-30-11-5-6-12-30/h8-9,15-17,32-33H,3-7,10-14,18-19H2,1-2H3. The summed E-state index contributed by atoms with van der Waals surface area (Å²) in [5.41, 5.74) is 2.05. The first-order valence-corrected chi connectivity index (χ1v) is 12.9. The van der Waals surface area contributed by atoms with Gasteiger partial charge in [-0.25, -0.2) is 0 Å². The van der Waals surface area contributed by atoms with Gasteiger partial charge in [0.15, 0.2) is 0 Å². The van der Waals surface area contributed by atoms with Crippen LogP contribution in [0.3, 0.4) is 0 Å². The number of aromatic hydroxyl groups is 2. The van der Waals surface area contributed by atoms with E-state index in [2.05, 4.69) is 4.90 Å². The van der Waals surface area contributed by atoms with Gasteiger partial charge in [0.2, 0.25) is 0 Å². The van der Waals surface area contributed by atoms with Gasteiger partial charge in [-0.2, -0.15) is 0 Å². The van der Waals surface area contributed by atoms with E-state index in [1.807, 2.05) is 25.1 Å². The third-order valence-electron chi connectivity index (χ3n) is 7.04. The van der Waals surface area contributed by atoms with Crippen LogP contribution in [-0.4, -0.2) is 76.6 Å². The molecule has 2 aromatic carbocycles. The molecule has 8 heteroatoms. The predicted molar refractivity (Wildman–Crippen MR) is 137 cm³/mol. The van der Waals surface area contributed by atoms with E-state index in [1.165, 1.54) is 36.9 Å². The van der Waals surface area contributed by atoms with E-state index in [4.69, 9.17) is 4.74 Å². The maximum atomic E-state index is 13.3. The molecular formula is C28H37N3O5. The van der Waals surface area contributed by atoms with Gasteiger partial charge >= 0.3 is 0 Å². The zero-order chi connectivity index (χ0) is 25.7. The van der Waals surface area contributed by atoms with Crippen molar-refractivity contribution >= 4 is 11.8 Å². The summed E-state index contributed by atoms with van der Waals surface area (Å²) in [7, 11) is 1.66. The number of nitrogens with zero attached hydrogens (tertiary/aromatic N) is 3. The summed E-state index contributed by atoms with van der Waals surface area (Å²) in [6.45, 7) is 7.46. The molecule has 2 aliphatic rings. The van der Waals surface area contributed by atoms with Crippen LogP contribution in [0.1, 0.15) is 70.9 Å². The summed E-state index contributed by atoms with van der Waals surface area (Å²) < 4.78 is 5.96. The van der Waals surface area contributed by atoms with E-state index in [9.17, 15) is 19.8 Å². The lowest BCUT2D eigenvalue weighted by Gasteiger charge is -2.20. The second kappa shape index (κ2) is 11.6. The zero-order valence-electron chi connectivity index (χ0n) is 21.3. The van der Waals surface area contributed by atoms with Gasteiger partial charge in [-0.3, -0.25) is 9.59 Å². The number of phenols is 2. The summed E-state index contributed by atoms with van der Waals surface area (Å²) >= 11 is 0. The fourth-order valence-electron chi connectivity index (χ4n) is 4.88. The van der Waals surface area contributed by atoms with E-state index >= 15 is 0 Å². The molecular weight excluding hydrogens is 458 g/mol. The second-order valence-corrected chi connectivity index (χ2v) is 9.81. The Hall–Kier alpha value is -3.26. The van der Waals surface area contributed by atoms with Crippen LogP contribution in [0.2, 0.25) is 0 Å². The zero-order valence-corrected chi connectivity index (χ0v) is 21.3. The molecule has 0 aliphatic carbocycles. The summed E-state index contributed by atoms with van der Waals surface area (Å²) in [6, 6.07) is 8.27. The Morgan fingerprint density at radius 2 is 1.69 bits per heavy atom. The molecule has 0 spiro atoms. The van der Waals surface area contributed by atoms with E-state index in [1.54, 1.807) is 11.9 Å².